The summed E-state index contributed by atoms with van der Waals surface area (Å²) in [4.78, 5) is 12.1. The van der Waals surface area contributed by atoms with E-state index in [-0.39, 0.29) is 17.3 Å². The Hall–Kier alpha value is -1.81. The fraction of sp³-hybridized carbons (Fsp3) is 0.333. The first-order valence-corrected chi connectivity index (χ1v) is 12.3. The minimum Gasteiger partial charge on any atom is -0.466 e. The molecular weight excluding hydrogens is 488 g/mol. The van der Waals surface area contributed by atoms with E-state index in [2.05, 4.69) is 26.0 Å². The van der Waals surface area contributed by atoms with Crippen molar-refractivity contribution in [2.75, 3.05) is 11.9 Å². The minimum absolute atomic E-state index is 0.179. The minimum atomic E-state index is -3.71. The molecule has 0 fully saturated rings. The Bertz CT molecular complexity index is 962. The highest BCUT2D eigenvalue weighted by atomic mass is 79.9. The van der Waals surface area contributed by atoms with E-state index in [1.165, 1.54) is 12.1 Å². The molecule has 2 aromatic carbocycles. The van der Waals surface area contributed by atoms with Gasteiger partial charge in [-0.3, -0.25) is 4.79 Å². The third-order valence-corrected chi connectivity index (χ3v) is 6.59. The predicted octanol–water partition coefficient (Wildman–Crippen LogP) is 4.44. The van der Waals surface area contributed by atoms with Gasteiger partial charge in [-0.2, -0.15) is 0 Å². The molecule has 30 heavy (non-hydrogen) atoms. The van der Waals surface area contributed by atoms with Gasteiger partial charge in [0.25, 0.3) is 0 Å². The molecule has 9 heteroatoms. The van der Waals surface area contributed by atoms with E-state index in [4.69, 9.17) is 17.0 Å². The van der Waals surface area contributed by atoms with Crippen LogP contribution in [0.2, 0.25) is 0 Å². The van der Waals surface area contributed by atoms with Crippen LogP contribution < -0.4 is 10.0 Å². The van der Waals surface area contributed by atoms with Gasteiger partial charge < -0.3 is 10.1 Å². The maximum Gasteiger partial charge on any atom is 0.310 e. The zero-order chi connectivity index (χ0) is 22.1. The van der Waals surface area contributed by atoms with Gasteiger partial charge in [0.05, 0.1) is 29.0 Å². The lowest BCUT2D eigenvalue weighted by Crippen LogP contribution is -2.42. The zero-order valence-electron chi connectivity index (χ0n) is 16.9. The summed E-state index contributed by atoms with van der Waals surface area (Å²) in [5.41, 5.74) is 1.54. The van der Waals surface area contributed by atoms with E-state index < -0.39 is 16.1 Å². The van der Waals surface area contributed by atoms with Crippen molar-refractivity contribution < 1.29 is 17.9 Å². The van der Waals surface area contributed by atoms with Crippen molar-refractivity contribution in [3.8, 4) is 0 Å². The Morgan fingerprint density at radius 1 is 1.10 bits per heavy atom. The summed E-state index contributed by atoms with van der Waals surface area (Å²) in [5, 5.41) is 3.10. The van der Waals surface area contributed by atoms with Crippen LogP contribution in [-0.2, 0) is 26.0 Å². The van der Waals surface area contributed by atoms with E-state index >= 15 is 0 Å². The summed E-state index contributed by atoms with van der Waals surface area (Å²) >= 11 is 8.78. The normalized spacial score (nSPS) is 12.2. The van der Waals surface area contributed by atoms with Crippen LogP contribution in [0.15, 0.2) is 57.9 Å². The molecule has 0 saturated heterocycles. The summed E-state index contributed by atoms with van der Waals surface area (Å²) in [7, 11) is -3.71. The second kappa shape index (κ2) is 11.5. The van der Waals surface area contributed by atoms with Gasteiger partial charge in [-0.25, -0.2) is 13.1 Å². The lowest BCUT2D eigenvalue weighted by Gasteiger charge is -2.20. The van der Waals surface area contributed by atoms with E-state index in [1.54, 1.807) is 31.2 Å². The maximum absolute atomic E-state index is 12.7. The van der Waals surface area contributed by atoms with Gasteiger partial charge in [0.1, 0.15) is 0 Å². The van der Waals surface area contributed by atoms with Gasteiger partial charge in [-0.1, -0.05) is 53.6 Å². The smallest absolute Gasteiger partial charge is 0.310 e. The monoisotopic (exact) mass is 512 g/mol. The number of anilines is 1. The van der Waals surface area contributed by atoms with Crippen LogP contribution in [0.25, 0.3) is 0 Å². The van der Waals surface area contributed by atoms with Gasteiger partial charge >= 0.3 is 5.97 Å². The number of benzene rings is 2. The number of thiocarbonyl (C=S) groups is 1. The highest BCUT2D eigenvalue weighted by Gasteiger charge is 2.23. The van der Waals surface area contributed by atoms with Crippen LogP contribution in [0.4, 0.5) is 5.69 Å². The summed E-state index contributed by atoms with van der Waals surface area (Å²) in [5.74, 6) is -0.279. The molecule has 162 valence electrons. The highest BCUT2D eigenvalue weighted by Crippen LogP contribution is 2.17. The summed E-state index contributed by atoms with van der Waals surface area (Å²) < 4.78 is 33.9. The first kappa shape index (κ1) is 24.5. The molecule has 0 bridgehead atoms. The molecule has 0 heterocycles. The van der Waals surface area contributed by atoms with Crippen molar-refractivity contribution in [3.63, 3.8) is 0 Å². The summed E-state index contributed by atoms with van der Waals surface area (Å²) in [6.45, 7) is 4.08. The number of nitrogens with one attached hydrogen (secondary N) is 2. The lowest BCUT2D eigenvalue weighted by atomic mass is 10.1. The summed E-state index contributed by atoms with van der Waals surface area (Å²) in [6.07, 6.45) is 1.51. The SMILES string of the molecule is CCCC(NS(=O)(=O)c1ccc(Br)cc1)C(=S)Nc1ccc(CC(=O)OCC)cc1. The van der Waals surface area contributed by atoms with E-state index in [1.807, 2.05) is 19.1 Å². The van der Waals surface area contributed by atoms with Crippen LogP contribution in [0.5, 0.6) is 0 Å². The molecule has 6 nitrogen and oxygen atoms in total. The number of halogens is 1. The average Bonchev–Trinajstić information content (AvgIpc) is 2.69. The lowest BCUT2D eigenvalue weighted by molar-refractivity contribution is -0.142. The van der Waals surface area contributed by atoms with E-state index in [0.717, 1.165) is 22.1 Å². The number of sulfonamides is 1. The quantitative estimate of drug-likeness (QED) is 0.361. The molecule has 0 aliphatic rings. The van der Waals surface area contributed by atoms with E-state index in [9.17, 15) is 13.2 Å². The number of carbonyl (C=O) groups excluding carboxylic acids is 1. The van der Waals surface area contributed by atoms with Crippen molar-refractivity contribution in [3.05, 3.63) is 58.6 Å². The third kappa shape index (κ3) is 7.46. The topological polar surface area (TPSA) is 84.5 Å². The van der Waals surface area contributed by atoms with Gasteiger partial charge in [0.15, 0.2) is 0 Å². The molecular formula is C21H25BrN2O4S2. The Morgan fingerprint density at radius 2 is 1.73 bits per heavy atom. The molecule has 0 aliphatic carbocycles. The predicted molar refractivity (Wildman–Crippen MR) is 126 cm³/mol. The molecule has 0 aromatic heterocycles. The van der Waals surface area contributed by atoms with E-state index in [0.29, 0.717) is 18.0 Å². The average molecular weight is 513 g/mol. The van der Waals surface area contributed by atoms with Crippen molar-refractivity contribution >= 4 is 54.8 Å². The molecule has 1 unspecified atom stereocenters. The van der Waals surface area contributed by atoms with Crippen LogP contribution in [0.1, 0.15) is 32.3 Å². The van der Waals surface area contributed by atoms with Crippen LogP contribution in [0, 0.1) is 0 Å². The van der Waals surface area contributed by atoms with Crippen LogP contribution in [-0.4, -0.2) is 32.0 Å². The molecule has 0 radical (unpaired) electrons. The number of hydrogen-bond donors (Lipinski definition) is 2. The molecule has 0 saturated carbocycles. The molecule has 2 N–H and O–H groups in total. The van der Waals surface area contributed by atoms with Gasteiger partial charge in [-0.15, -0.1) is 0 Å². The fourth-order valence-corrected chi connectivity index (χ4v) is 4.59. The Morgan fingerprint density at radius 3 is 2.30 bits per heavy atom. The Balaban J connectivity index is 2.06. The molecule has 0 spiro atoms. The molecule has 0 aliphatic heterocycles. The Kier molecular flexibility index (Phi) is 9.41. The zero-order valence-corrected chi connectivity index (χ0v) is 20.1. The van der Waals surface area contributed by atoms with Crippen molar-refractivity contribution in [1.29, 1.82) is 0 Å². The third-order valence-electron chi connectivity index (χ3n) is 4.19. The van der Waals surface area contributed by atoms with Gasteiger partial charge in [0, 0.05) is 10.2 Å². The number of ether oxygens (including phenoxy) is 1. The molecule has 0 amide bonds. The van der Waals surface area contributed by atoms with Crippen molar-refractivity contribution in [1.82, 2.24) is 4.72 Å². The van der Waals surface area contributed by atoms with Crippen molar-refractivity contribution in [2.45, 2.75) is 44.0 Å². The first-order chi connectivity index (χ1) is 14.2. The number of hydrogen-bond acceptors (Lipinski definition) is 5. The van der Waals surface area contributed by atoms with Gasteiger partial charge in [-0.05, 0) is 55.3 Å². The summed E-state index contributed by atoms with van der Waals surface area (Å²) in [6, 6.07) is 13.1. The maximum atomic E-state index is 12.7. The van der Waals surface area contributed by atoms with Crippen molar-refractivity contribution in [2.24, 2.45) is 0 Å². The Labute approximate surface area is 191 Å². The number of rotatable bonds is 10. The first-order valence-electron chi connectivity index (χ1n) is 9.58. The standard InChI is InChI=1S/C21H25BrN2O4S2/c1-3-5-19(24-30(26,27)18-12-8-16(22)9-13-18)21(29)23-17-10-6-15(7-11-17)14-20(25)28-4-2/h6-13,19,24H,3-5,14H2,1-2H3,(H,23,29). The second-order valence-corrected chi connectivity index (χ2v) is 9.65. The number of esters is 1. The molecule has 2 rings (SSSR count). The molecule has 1 atom stereocenters. The van der Waals surface area contributed by atoms with Crippen LogP contribution >= 0.6 is 28.1 Å². The second-order valence-electron chi connectivity index (χ2n) is 6.58. The highest BCUT2D eigenvalue weighted by molar-refractivity contribution is 9.10. The fourth-order valence-electron chi connectivity index (χ4n) is 2.72. The van der Waals surface area contributed by atoms with Crippen LogP contribution in [0.3, 0.4) is 0 Å². The largest absolute Gasteiger partial charge is 0.466 e. The van der Waals surface area contributed by atoms with Gasteiger partial charge in [0.2, 0.25) is 10.0 Å². The molecule has 2 aromatic rings. The number of carbonyl (C=O) groups is 1.